The maximum atomic E-state index is 12.1. The van der Waals surface area contributed by atoms with Gasteiger partial charge in [0.05, 0.1) is 6.54 Å². The number of ether oxygens (including phenoxy) is 2. The van der Waals surface area contributed by atoms with Gasteiger partial charge in [-0.2, -0.15) is 0 Å². The van der Waals surface area contributed by atoms with Crippen molar-refractivity contribution in [1.82, 2.24) is 15.1 Å². The van der Waals surface area contributed by atoms with Gasteiger partial charge in [0.2, 0.25) is 12.7 Å². The van der Waals surface area contributed by atoms with Crippen LogP contribution in [-0.2, 0) is 11.3 Å². The van der Waals surface area contributed by atoms with Gasteiger partial charge in [0.1, 0.15) is 0 Å². The van der Waals surface area contributed by atoms with Crippen LogP contribution in [0.3, 0.4) is 0 Å². The van der Waals surface area contributed by atoms with Gasteiger partial charge in [-0.3, -0.25) is 14.6 Å². The van der Waals surface area contributed by atoms with Crippen molar-refractivity contribution < 1.29 is 14.3 Å². The molecule has 1 N–H and O–H groups in total. The predicted octanol–water partition coefficient (Wildman–Crippen LogP) is 1.45. The lowest BCUT2D eigenvalue weighted by atomic mass is 10.1. The molecule has 1 saturated heterocycles. The molecule has 1 aliphatic carbocycles. The average molecular weight is 345 g/mol. The zero-order valence-corrected chi connectivity index (χ0v) is 14.9. The first-order valence-electron chi connectivity index (χ1n) is 9.30. The maximum absolute atomic E-state index is 12.1. The molecular formula is C19H27N3O3. The second-order valence-corrected chi connectivity index (χ2v) is 7.43. The Labute approximate surface area is 149 Å². The van der Waals surface area contributed by atoms with Crippen molar-refractivity contribution in [3.8, 4) is 11.5 Å². The van der Waals surface area contributed by atoms with Gasteiger partial charge in [0, 0.05) is 38.8 Å². The van der Waals surface area contributed by atoms with E-state index in [1.807, 2.05) is 6.07 Å². The fourth-order valence-electron chi connectivity index (χ4n) is 3.62. The molecule has 6 nitrogen and oxygen atoms in total. The average Bonchev–Trinajstić information content (AvgIpc) is 3.35. The minimum atomic E-state index is 0.170. The summed E-state index contributed by atoms with van der Waals surface area (Å²) in [5.41, 5.74) is 1.24. The van der Waals surface area contributed by atoms with Crippen molar-refractivity contribution in [3.63, 3.8) is 0 Å². The topological polar surface area (TPSA) is 54.0 Å². The van der Waals surface area contributed by atoms with Gasteiger partial charge < -0.3 is 14.8 Å². The van der Waals surface area contributed by atoms with Crippen molar-refractivity contribution in [3.05, 3.63) is 23.8 Å². The number of rotatable bonds is 6. The summed E-state index contributed by atoms with van der Waals surface area (Å²) in [6.45, 7) is 7.73. The molecule has 3 aliphatic rings. The molecule has 0 aromatic heterocycles. The van der Waals surface area contributed by atoms with Crippen molar-refractivity contribution in [2.24, 2.45) is 5.92 Å². The van der Waals surface area contributed by atoms with Gasteiger partial charge in [0.15, 0.2) is 11.5 Å². The fourth-order valence-corrected chi connectivity index (χ4v) is 3.62. The van der Waals surface area contributed by atoms with Crippen LogP contribution in [0.4, 0.5) is 0 Å². The van der Waals surface area contributed by atoms with Crippen molar-refractivity contribution >= 4 is 5.91 Å². The molecule has 6 heteroatoms. The van der Waals surface area contributed by atoms with Crippen LogP contribution in [0.15, 0.2) is 18.2 Å². The molecule has 1 amide bonds. The number of carbonyl (C=O) groups is 1. The van der Waals surface area contributed by atoms with E-state index in [1.165, 1.54) is 18.4 Å². The maximum Gasteiger partial charge on any atom is 0.234 e. The van der Waals surface area contributed by atoms with E-state index in [1.54, 1.807) is 0 Å². The Morgan fingerprint density at radius 2 is 1.88 bits per heavy atom. The third-order valence-corrected chi connectivity index (χ3v) is 5.39. The van der Waals surface area contributed by atoms with Gasteiger partial charge in [-0.1, -0.05) is 6.07 Å². The van der Waals surface area contributed by atoms with Crippen molar-refractivity contribution in [1.29, 1.82) is 0 Å². The van der Waals surface area contributed by atoms with E-state index >= 15 is 0 Å². The first-order valence-corrected chi connectivity index (χ1v) is 9.30. The largest absolute Gasteiger partial charge is 0.454 e. The van der Waals surface area contributed by atoms with Gasteiger partial charge >= 0.3 is 0 Å². The third-order valence-electron chi connectivity index (χ3n) is 5.39. The number of piperazine rings is 1. The van der Waals surface area contributed by atoms with Crippen LogP contribution in [0.25, 0.3) is 0 Å². The number of nitrogens with zero attached hydrogens (tertiary/aromatic N) is 2. The fraction of sp³-hybridized carbons (Fsp3) is 0.632. The third kappa shape index (κ3) is 4.25. The van der Waals surface area contributed by atoms with Crippen LogP contribution in [0, 0.1) is 5.92 Å². The molecule has 0 spiro atoms. The first kappa shape index (κ1) is 16.7. The van der Waals surface area contributed by atoms with E-state index in [4.69, 9.17) is 9.47 Å². The highest BCUT2D eigenvalue weighted by molar-refractivity contribution is 5.78. The van der Waals surface area contributed by atoms with Crippen LogP contribution in [-0.4, -0.2) is 61.3 Å². The summed E-state index contributed by atoms with van der Waals surface area (Å²) >= 11 is 0. The zero-order chi connectivity index (χ0) is 17.2. The number of fused-ring (bicyclic) bond motifs is 1. The Morgan fingerprint density at radius 3 is 2.64 bits per heavy atom. The molecule has 136 valence electrons. The normalized spacial score (nSPS) is 22.0. The molecule has 25 heavy (non-hydrogen) atoms. The standard InChI is InChI=1S/C19H27N3O3/c1-14(16-3-4-16)20-19(23)12-22-8-6-21(7-9-22)11-15-2-5-17-18(10-15)25-13-24-17/h2,5,10,14,16H,3-4,6-9,11-13H2,1H3,(H,20,23). The summed E-state index contributed by atoms with van der Waals surface area (Å²) in [6, 6.07) is 6.49. The van der Waals surface area contributed by atoms with E-state index in [0.717, 1.165) is 44.2 Å². The van der Waals surface area contributed by atoms with Gasteiger partial charge in [0.25, 0.3) is 0 Å². The lowest BCUT2D eigenvalue weighted by molar-refractivity contribution is -0.123. The van der Waals surface area contributed by atoms with E-state index in [0.29, 0.717) is 25.3 Å². The summed E-state index contributed by atoms with van der Waals surface area (Å²) < 4.78 is 10.8. The number of hydrogen-bond donors (Lipinski definition) is 1. The van der Waals surface area contributed by atoms with Crippen molar-refractivity contribution in [2.45, 2.75) is 32.4 Å². The monoisotopic (exact) mass is 345 g/mol. The van der Waals surface area contributed by atoms with Gasteiger partial charge in [-0.25, -0.2) is 0 Å². The smallest absolute Gasteiger partial charge is 0.234 e. The van der Waals surface area contributed by atoms with E-state index in [-0.39, 0.29) is 5.91 Å². The molecule has 1 aromatic rings. The van der Waals surface area contributed by atoms with E-state index < -0.39 is 0 Å². The summed E-state index contributed by atoms with van der Waals surface area (Å²) in [4.78, 5) is 16.8. The first-order chi connectivity index (χ1) is 12.2. The Morgan fingerprint density at radius 1 is 1.16 bits per heavy atom. The predicted molar refractivity (Wildman–Crippen MR) is 94.6 cm³/mol. The SMILES string of the molecule is CC(NC(=O)CN1CCN(Cc2ccc3c(c2)OCO3)CC1)C1CC1. The number of nitrogens with one attached hydrogen (secondary N) is 1. The van der Waals surface area contributed by atoms with Crippen LogP contribution in [0.5, 0.6) is 11.5 Å². The minimum absolute atomic E-state index is 0.170. The molecule has 0 bridgehead atoms. The lowest BCUT2D eigenvalue weighted by Gasteiger charge is -2.34. The quantitative estimate of drug-likeness (QED) is 0.846. The molecular weight excluding hydrogens is 318 g/mol. The molecule has 4 rings (SSSR count). The number of carbonyl (C=O) groups excluding carboxylic acids is 1. The molecule has 2 heterocycles. The van der Waals surface area contributed by atoms with Crippen LogP contribution in [0.1, 0.15) is 25.3 Å². The van der Waals surface area contributed by atoms with Crippen LogP contribution >= 0.6 is 0 Å². The molecule has 1 saturated carbocycles. The van der Waals surface area contributed by atoms with E-state index in [9.17, 15) is 4.79 Å². The second-order valence-electron chi connectivity index (χ2n) is 7.43. The number of benzene rings is 1. The summed E-state index contributed by atoms with van der Waals surface area (Å²) in [7, 11) is 0. The van der Waals surface area contributed by atoms with Gasteiger partial charge in [-0.15, -0.1) is 0 Å². The summed E-state index contributed by atoms with van der Waals surface area (Å²) in [5.74, 6) is 2.56. The number of amides is 1. The Hall–Kier alpha value is -1.79. The highest BCUT2D eigenvalue weighted by Gasteiger charge is 2.29. The summed E-state index contributed by atoms with van der Waals surface area (Å²) in [5, 5.41) is 3.14. The molecule has 2 fully saturated rings. The molecule has 1 aromatic carbocycles. The highest BCUT2D eigenvalue weighted by Crippen LogP contribution is 2.33. The highest BCUT2D eigenvalue weighted by atomic mass is 16.7. The molecule has 1 unspecified atom stereocenters. The lowest BCUT2D eigenvalue weighted by Crippen LogP contribution is -2.50. The minimum Gasteiger partial charge on any atom is -0.454 e. The molecule has 2 aliphatic heterocycles. The second kappa shape index (κ2) is 7.22. The van der Waals surface area contributed by atoms with Crippen molar-refractivity contribution in [2.75, 3.05) is 39.5 Å². The Balaban J connectivity index is 1.21. The van der Waals surface area contributed by atoms with Crippen LogP contribution in [0.2, 0.25) is 0 Å². The van der Waals surface area contributed by atoms with Crippen LogP contribution < -0.4 is 14.8 Å². The molecule has 1 atom stereocenters. The molecule has 0 radical (unpaired) electrons. The number of hydrogen-bond acceptors (Lipinski definition) is 5. The van der Waals surface area contributed by atoms with Gasteiger partial charge in [-0.05, 0) is 43.4 Å². The summed E-state index contributed by atoms with van der Waals surface area (Å²) in [6.07, 6.45) is 2.53. The Bertz CT molecular complexity index is 624. The Kier molecular flexibility index (Phi) is 4.81. The zero-order valence-electron chi connectivity index (χ0n) is 14.9. The van der Waals surface area contributed by atoms with E-state index in [2.05, 4.69) is 34.2 Å².